The number of methoxy groups -OCH3 is 1. The highest BCUT2D eigenvalue weighted by Gasteiger charge is 2.05. The monoisotopic (exact) mass is 218 g/mol. The summed E-state index contributed by atoms with van der Waals surface area (Å²) in [6.45, 7) is 6.99. The van der Waals surface area contributed by atoms with E-state index in [4.69, 9.17) is 9.84 Å². The molecule has 0 aromatic heterocycles. The average molecular weight is 218 g/mol. The maximum Gasteiger partial charge on any atom is 0.0615 e. The first kappa shape index (κ1) is 14.8. The molecule has 0 spiro atoms. The van der Waals surface area contributed by atoms with Gasteiger partial charge in [-0.3, -0.25) is 0 Å². The first-order valence-corrected chi connectivity index (χ1v) is 5.84. The van der Waals surface area contributed by atoms with Gasteiger partial charge in [0.05, 0.1) is 13.2 Å². The molecule has 2 atom stereocenters. The molecule has 3 N–H and O–H groups in total. The summed E-state index contributed by atoms with van der Waals surface area (Å²) < 4.78 is 5.09. The van der Waals surface area contributed by atoms with Gasteiger partial charge in [0.15, 0.2) is 0 Å². The van der Waals surface area contributed by atoms with Crippen molar-refractivity contribution in [2.24, 2.45) is 0 Å². The minimum atomic E-state index is 0.214. The van der Waals surface area contributed by atoms with Crippen LogP contribution in [0.2, 0.25) is 0 Å². The molecule has 4 heteroatoms. The summed E-state index contributed by atoms with van der Waals surface area (Å²) in [5, 5.41) is 15.7. The van der Waals surface area contributed by atoms with E-state index in [1.807, 2.05) is 0 Å². The molecule has 0 aromatic carbocycles. The molecule has 0 unspecified atom stereocenters. The summed E-state index contributed by atoms with van der Waals surface area (Å²) in [7, 11) is 1.72. The van der Waals surface area contributed by atoms with Gasteiger partial charge in [0.2, 0.25) is 0 Å². The minimum absolute atomic E-state index is 0.214. The van der Waals surface area contributed by atoms with Crippen LogP contribution in [0.4, 0.5) is 0 Å². The Labute approximate surface area is 93.4 Å². The Morgan fingerprint density at radius 3 is 2.00 bits per heavy atom. The lowest BCUT2D eigenvalue weighted by atomic mass is 10.2. The van der Waals surface area contributed by atoms with Crippen molar-refractivity contribution in [3.8, 4) is 0 Å². The van der Waals surface area contributed by atoms with Crippen molar-refractivity contribution >= 4 is 0 Å². The topological polar surface area (TPSA) is 53.5 Å². The molecule has 15 heavy (non-hydrogen) atoms. The van der Waals surface area contributed by atoms with Crippen LogP contribution in [0.3, 0.4) is 0 Å². The van der Waals surface area contributed by atoms with Gasteiger partial charge in [0, 0.05) is 32.3 Å². The molecule has 0 fully saturated rings. The van der Waals surface area contributed by atoms with Gasteiger partial charge >= 0.3 is 0 Å². The standard InChI is InChI=1S/C11H26N2O2/c1-4-10(8-14)12-6-7-13-11(5-2)9-15-3/h10-14H,4-9H2,1-3H3/t10-,11-/m0/s1. The van der Waals surface area contributed by atoms with Crippen molar-refractivity contribution in [3.63, 3.8) is 0 Å². The van der Waals surface area contributed by atoms with Gasteiger partial charge in [-0.1, -0.05) is 13.8 Å². The van der Waals surface area contributed by atoms with Gasteiger partial charge in [-0.2, -0.15) is 0 Å². The van der Waals surface area contributed by atoms with Crippen LogP contribution in [0, 0.1) is 0 Å². The predicted octanol–water partition coefficient (Wildman–Crippen LogP) is 0.362. The van der Waals surface area contributed by atoms with Crippen LogP contribution in [-0.4, -0.2) is 50.6 Å². The molecule has 4 nitrogen and oxygen atoms in total. The number of ether oxygens (including phenoxy) is 1. The molecule has 0 rings (SSSR count). The molecular formula is C11H26N2O2. The summed E-state index contributed by atoms with van der Waals surface area (Å²) in [5.74, 6) is 0. The van der Waals surface area contributed by atoms with Crippen LogP contribution < -0.4 is 10.6 Å². The molecule has 0 saturated carbocycles. The zero-order valence-electron chi connectivity index (χ0n) is 10.3. The summed E-state index contributed by atoms with van der Waals surface area (Å²) in [4.78, 5) is 0. The van der Waals surface area contributed by atoms with Crippen LogP contribution in [0.5, 0.6) is 0 Å². The number of hydrogen-bond donors (Lipinski definition) is 3. The quantitative estimate of drug-likeness (QED) is 0.464. The molecule has 0 heterocycles. The van der Waals surface area contributed by atoms with Crippen molar-refractivity contribution in [2.45, 2.75) is 38.8 Å². The van der Waals surface area contributed by atoms with Crippen LogP contribution >= 0.6 is 0 Å². The van der Waals surface area contributed by atoms with Crippen LogP contribution in [0.15, 0.2) is 0 Å². The lowest BCUT2D eigenvalue weighted by Gasteiger charge is -2.18. The van der Waals surface area contributed by atoms with Crippen LogP contribution in [-0.2, 0) is 4.74 Å². The minimum Gasteiger partial charge on any atom is -0.395 e. The first-order chi connectivity index (χ1) is 7.28. The van der Waals surface area contributed by atoms with E-state index < -0.39 is 0 Å². The molecule has 0 amide bonds. The normalized spacial score (nSPS) is 15.2. The Kier molecular flexibility index (Phi) is 10.3. The smallest absolute Gasteiger partial charge is 0.0615 e. The Morgan fingerprint density at radius 1 is 1.07 bits per heavy atom. The molecule has 0 aliphatic rings. The molecule has 0 saturated heterocycles. The fourth-order valence-electron chi connectivity index (χ4n) is 1.41. The zero-order valence-corrected chi connectivity index (χ0v) is 10.3. The Morgan fingerprint density at radius 2 is 1.60 bits per heavy atom. The molecule has 0 aliphatic carbocycles. The van der Waals surface area contributed by atoms with Crippen molar-refractivity contribution in [3.05, 3.63) is 0 Å². The molecule has 0 bridgehead atoms. The number of aliphatic hydroxyl groups excluding tert-OH is 1. The van der Waals surface area contributed by atoms with E-state index in [0.717, 1.165) is 32.5 Å². The third-order valence-corrected chi connectivity index (χ3v) is 2.56. The second-order valence-electron chi connectivity index (χ2n) is 3.76. The maximum absolute atomic E-state index is 8.96. The summed E-state index contributed by atoms with van der Waals surface area (Å²) >= 11 is 0. The van der Waals surface area contributed by atoms with Gasteiger partial charge in [-0.05, 0) is 12.8 Å². The van der Waals surface area contributed by atoms with E-state index in [1.165, 1.54) is 0 Å². The van der Waals surface area contributed by atoms with Crippen molar-refractivity contribution in [1.29, 1.82) is 0 Å². The second kappa shape index (κ2) is 10.4. The summed E-state index contributed by atoms with van der Waals surface area (Å²) in [5.41, 5.74) is 0. The Balaban J connectivity index is 3.42. The van der Waals surface area contributed by atoms with Gasteiger partial charge in [0.25, 0.3) is 0 Å². The fourth-order valence-corrected chi connectivity index (χ4v) is 1.41. The Hall–Kier alpha value is -0.160. The second-order valence-corrected chi connectivity index (χ2v) is 3.76. The van der Waals surface area contributed by atoms with Crippen molar-refractivity contribution in [2.75, 3.05) is 33.4 Å². The molecule has 0 radical (unpaired) electrons. The van der Waals surface area contributed by atoms with E-state index in [-0.39, 0.29) is 12.6 Å². The lowest BCUT2D eigenvalue weighted by molar-refractivity contribution is 0.164. The highest BCUT2D eigenvalue weighted by molar-refractivity contribution is 4.67. The van der Waals surface area contributed by atoms with Crippen LogP contribution in [0.1, 0.15) is 26.7 Å². The van der Waals surface area contributed by atoms with E-state index in [9.17, 15) is 0 Å². The van der Waals surface area contributed by atoms with E-state index in [2.05, 4.69) is 24.5 Å². The number of rotatable bonds is 10. The molecular weight excluding hydrogens is 192 g/mol. The average Bonchev–Trinajstić information content (AvgIpc) is 2.28. The molecule has 0 aliphatic heterocycles. The van der Waals surface area contributed by atoms with Gasteiger partial charge < -0.3 is 20.5 Å². The Bertz CT molecular complexity index is 130. The van der Waals surface area contributed by atoms with E-state index >= 15 is 0 Å². The molecule has 0 aromatic rings. The zero-order chi connectivity index (χ0) is 11.5. The summed E-state index contributed by atoms with van der Waals surface area (Å²) in [6, 6.07) is 0.667. The summed E-state index contributed by atoms with van der Waals surface area (Å²) in [6.07, 6.45) is 2.04. The lowest BCUT2D eigenvalue weighted by Crippen LogP contribution is -2.41. The first-order valence-electron chi connectivity index (χ1n) is 5.84. The number of nitrogens with one attached hydrogen (secondary N) is 2. The van der Waals surface area contributed by atoms with Gasteiger partial charge in [0.1, 0.15) is 0 Å². The van der Waals surface area contributed by atoms with E-state index in [1.54, 1.807) is 7.11 Å². The maximum atomic E-state index is 8.96. The number of hydrogen-bond acceptors (Lipinski definition) is 4. The van der Waals surface area contributed by atoms with Crippen molar-refractivity contribution < 1.29 is 9.84 Å². The largest absolute Gasteiger partial charge is 0.395 e. The predicted molar refractivity (Wildman–Crippen MR) is 63.1 cm³/mol. The number of aliphatic hydroxyl groups is 1. The van der Waals surface area contributed by atoms with Gasteiger partial charge in [-0.15, -0.1) is 0 Å². The highest BCUT2D eigenvalue weighted by Crippen LogP contribution is 1.91. The fraction of sp³-hybridized carbons (Fsp3) is 1.00. The third kappa shape index (κ3) is 7.73. The van der Waals surface area contributed by atoms with Crippen molar-refractivity contribution in [1.82, 2.24) is 10.6 Å². The van der Waals surface area contributed by atoms with E-state index in [0.29, 0.717) is 6.04 Å². The molecule has 92 valence electrons. The van der Waals surface area contributed by atoms with Crippen LogP contribution in [0.25, 0.3) is 0 Å². The highest BCUT2D eigenvalue weighted by atomic mass is 16.5. The van der Waals surface area contributed by atoms with Gasteiger partial charge in [-0.25, -0.2) is 0 Å². The third-order valence-electron chi connectivity index (χ3n) is 2.56. The SMILES string of the molecule is CC[C@@H](CO)NCCN[C@@H](CC)COC.